The highest BCUT2D eigenvalue weighted by Crippen LogP contribution is 2.19. The van der Waals surface area contributed by atoms with Gasteiger partial charge in [-0.2, -0.15) is 0 Å². The lowest BCUT2D eigenvalue weighted by molar-refractivity contribution is -0.130. The molecule has 0 bridgehead atoms. The van der Waals surface area contributed by atoms with Gasteiger partial charge in [0.15, 0.2) is 5.70 Å². The summed E-state index contributed by atoms with van der Waals surface area (Å²) in [6.07, 6.45) is 2.21. The van der Waals surface area contributed by atoms with Gasteiger partial charge in [0.05, 0.1) is 0 Å². The predicted molar refractivity (Wildman–Crippen MR) is 87.8 cm³/mol. The molecule has 1 aliphatic rings. The second-order valence-corrected chi connectivity index (χ2v) is 5.58. The van der Waals surface area contributed by atoms with Crippen LogP contribution in [0.25, 0.3) is 6.08 Å². The van der Waals surface area contributed by atoms with E-state index in [0.29, 0.717) is 23.0 Å². The summed E-state index contributed by atoms with van der Waals surface area (Å²) in [6, 6.07) is 15.3. The highest BCUT2D eigenvalue weighted by molar-refractivity contribution is 6.30. The van der Waals surface area contributed by atoms with Crippen molar-refractivity contribution >= 4 is 29.5 Å². The maximum absolute atomic E-state index is 11.9. The molecule has 0 saturated carbocycles. The van der Waals surface area contributed by atoms with Crippen LogP contribution >= 0.6 is 11.6 Å². The molecule has 0 aliphatic carbocycles. The molecule has 1 heterocycles. The summed E-state index contributed by atoms with van der Waals surface area (Å²) in [6.45, 7) is 2.00. The van der Waals surface area contributed by atoms with Crippen LogP contribution in [0.2, 0.25) is 5.02 Å². The zero-order valence-electron chi connectivity index (χ0n) is 12.0. The zero-order valence-corrected chi connectivity index (χ0v) is 12.8. The average Bonchev–Trinajstić information content (AvgIpc) is 2.81. The normalized spacial score (nSPS) is 15.8. The Morgan fingerprint density at radius 2 is 1.95 bits per heavy atom. The van der Waals surface area contributed by atoms with Crippen LogP contribution in [0.15, 0.2) is 59.2 Å². The number of rotatable bonds is 3. The lowest BCUT2D eigenvalue weighted by Gasteiger charge is -2.00. The second-order valence-electron chi connectivity index (χ2n) is 5.14. The van der Waals surface area contributed by atoms with Gasteiger partial charge in [-0.05, 0) is 36.3 Å². The van der Waals surface area contributed by atoms with Crippen molar-refractivity contribution < 1.29 is 9.53 Å². The number of carbonyl (C=O) groups excluding carboxylic acids is 1. The van der Waals surface area contributed by atoms with Gasteiger partial charge in [0.2, 0.25) is 5.90 Å². The third-order valence-electron chi connectivity index (χ3n) is 3.28. The Morgan fingerprint density at radius 3 is 2.68 bits per heavy atom. The van der Waals surface area contributed by atoms with Crippen LogP contribution in [0.4, 0.5) is 0 Å². The fourth-order valence-corrected chi connectivity index (χ4v) is 2.35. The van der Waals surface area contributed by atoms with Crippen LogP contribution in [0, 0.1) is 6.92 Å². The SMILES string of the molecule is Cc1cccc(/C=C2/N=C(Cc3ccc(Cl)cc3)OC2=O)c1. The Kier molecular flexibility index (Phi) is 4.07. The van der Waals surface area contributed by atoms with Crippen LogP contribution in [0.1, 0.15) is 16.7 Å². The molecule has 4 heteroatoms. The standard InChI is InChI=1S/C18H14ClNO2/c1-12-3-2-4-14(9-12)10-16-18(21)22-17(20-16)11-13-5-7-15(19)8-6-13/h2-10H,11H2,1H3/b16-10+. The highest BCUT2D eigenvalue weighted by Gasteiger charge is 2.22. The first-order chi connectivity index (χ1) is 10.6. The number of nitrogens with zero attached hydrogens (tertiary/aromatic N) is 1. The summed E-state index contributed by atoms with van der Waals surface area (Å²) < 4.78 is 5.22. The number of cyclic esters (lactones) is 1. The Balaban J connectivity index is 1.80. The maximum Gasteiger partial charge on any atom is 0.363 e. The Morgan fingerprint density at radius 1 is 1.18 bits per heavy atom. The molecule has 3 rings (SSSR count). The molecule has 0 saturated heterocycles. The van der Waals surface area contributed by atoms with Crippen molar-refractivity contribution in [2.75, 3.05) is 0 Å². The number of esters is 1. The van der Waals surface area contributed by atoms with Crippen molar-refractivity contribution in [2.24, 2.45) is 4.99 Å². The van der Waals surface area contributed by atoms with E-state index in [2.05, 4.69) is 4.99 Å². The third kappa shape index (κ3) is 3.43. The molecule has 0 amide bonds. The fraction of sp³-hybridized carbons (Fsp3) is 0.111. The molecular formula is C18H14ClNO2. The van der Waals surface area contributed by atoms with Crippen LogP contribution in [-0.4, -0.2) is 11.9 Å². The summed E-state index contributed by atoms with van der Waals surface area (Å²) in [5.74, 6) is -0.00306. The van der Waals surface area contributed by atoms with Crippen molar-refractivity contribution in [1.82, 2.24) is 0 Å². The average molecular weight is 312 g/mol. The number of ether oxygens (including phenoxy) is 1. The molecule has 0 atom stereocenters. The summed E-state index contributed by atoms with van der Waals surface area (Å²) in [7, 11) is 0. The third-order valence-corrected chi connectivity index (χ3v) is 3.53. The van der Waals surface area contributed by atoms with Crippen LogP contribution in [-0.2, 0) is 16.0 Å². The molecule has 2 aromatic carbocycles. The molecule has 0 aromatic heterocycles. The van der Waals surface area contributed by atoms with Crippen LogP contribution in [0.3, 0.4) is 0 Å². The van der Waals surface area contributed by atoms with Crippen molar-refractivity contribution in [1.29, 1.82) is 0 Å². The number of halogens is 1. The highest BCUT2D eigenvalue weighted by atomic mass is 35.5. The molecule has 0 N–H and O–H groups in total. The Bertz CT molecular complexity index is 776. The molecule has 2 aromatic rings. The van der Waals surface area contributed by atoms with Gasteiger partial charge in [-0.25, -0.2) is 9.79 Å². The summed E-state index contributed by atoms with van der Waals surface area (Å²) in [4.78, 5) is 16.2. The van der Waals surface area contributed by atoms with E-state index in [-0.39, 0.29) is 0 Å². The van der Waals surface area contributed by atoms with Gasteiger partial charge in [-0.3, -0.25) is 0 Å². The maximum atomic E-state index is 11.9. The van der Waals surface area contributed by atoms with E-state index >= 15 is 0 Å². The second kappa shape index (κ2) is 6.16. The van der Waals surface area contributed by atoms with E-state index in [9.17, 15) is 4.79 Å². The van der Waals surface area contributed by atoms with E-state index in [1.807, 2.05) is 43.3 Å². The van der Waals surface area contributed by atoms with E-state index in [4.69, 9.17) is 16.3 Å². The Labute approximate surface area is 133 Å². The summed E-state index contributed by atoms with van der Waals surface area (Å²) in [5.41, 5.74) is 3.39. The van der Waals surface area contributed by atoms with Gasteiger partial charge in [0.25, 0.3) is 0 Å². The molecule has 0 unspecified atom stereocenters. The monoisotopic (exact) mass is 311 g/mol. The lowest BCUT2D eigenvalue weighted by Crippen LogP contribution is -2.06. The minimum atomic E-state index is -0.412. The predicted octanol–water partition coefficient (Wildman–Crippen LogP) is 4.19. The fourth-order valence-electron chi connectivity index (χ4n) is 2.22. The molecule has 110 valence electrons. The zero-order chi connectivity index (χ0) is 15.5. The topological polar surface area (TPSA) is 38.7 Å². The Hall–Kier alpha value is -2.39. The van der Waals surface area contributed by atoms with Crippen molar-refractivity contribution in [3.63, 3.8) is 0 Å². The van der Waals surface area contributed by atoms with Crippen molar-refractivity contribution in [3.8, 4) is 0 Å². The van der Waals surface area contributed by atoms with Crippen LogP contribution in [0.5, 0.6) is 0 Å². The first kappa shape index (κ1) is 14.5. The first-order valence-corrected chi connectivity index (χ1v) is 7.30. The largest absolute Gasteiger partial charge is 0.406 e. The first-order valence-electron chi connectivity index (χ1n) is 6.93. The van der Waals surface area contributed by atoms with Crippen molar-refractivity contribution in [3.05, 3.63) is 75.9 Å². The van der Waals surface area contributed by atoms with Gasteiger partial charge in [0.1, 0.15) is 0 Å². The quantitative estimate of drug-likeness (QED) is 0.630. The summed E-state index contributed by atoms with van der Waals surface area (Å²) >= 11 is 5.85. The molecule has 3 nitrogen and oxygen atoms in total. The minimum absolute atomic E-state index is 0.328. The van der Waals surface area contributed by atoms with E-state index in [0.717, 1.165) is 16.7 Å². The number of aryl methyl sites for hydroxylation is 1. The number of hydrogen-bond donors (Lipinski definition) is 0. The van der Waals surface area contributed by atoms with Gasteiger partial charge in [-0.15, -0.1) is 0 Å². The molecule has 0 spiro atoms. The van der Waals surface area contributed by atoms with Gasteiger partial charge >= 0.3 is 5.97 Å². The molecule has 22 heavy (non-hydrogen) atoms. The van der Waals surface area contributed by atoms with E-state index in [1.165, 1.54) is 0 Å². The smallest absolute Gasteiger partial charge is 0.363 e. The van der Waals surface area contributed by atoms with Gasteiger partial charge in [0, 0.05) is 11.4 Å². The number of aliphatic imine (C=N–C) groups is 1. The number of hydrogen-bond acceptors (Lipinski definition) is 3. The number of carbonyl (C=O) groups is 1. The molecule has 0 radical (unpaired) electrons. The molecular weight excluding hydrogens is 298 g/mol. The molecule has 0 fully saturated rings. The van der Waals surface area contributed by atoms with Gasteiger partial charge < -0.3 is 4.74 Å². The van der Waals surface area contributed by atoms with E-state index in [1.54, 1.807) is 18.2 Å². The van der Waals surface area contributed by atoms with Crippen molar-refractivity contribution in [2.45, 2.75) is 13.3 Å². The minimum Gasteiger partial charge on any atom is -0.406 e. The van der Waals surface area contributed by atoms with Gasteiger partial charge in [-0.1, -0.05) is 53.6 Å². The molecule has 1 aliphatic heterocycles. The summed E-state index contributed by atoms with van der Waals surface area (Å²) in [5, 5.41) is 0.675. The lowest BCUT2D eigenvalue weighted by atomic mass is 10.1. The van der Waals surface area contributed by atoms with E-state index < -0.39 is 5.97 Å². The van der Waals surface area contributed by atoms with Crippen LogP contribution < -0.4 is 0 Å². The number of benzene rings is 2.